The molecule has 1 aliphatic rings. The van der Waals surface area contributed by atoms with E-state index in [0.717, 1.165) is 0 Å². The molecule has 144 valence electrons. The van der Waals surface area contributed by atoms with Gasteiger partial charge in [0.15, 0.2) is 17.3 Å². The topological polar surface area (TPSA) is 100 Å². The molecule has 0 aliphatic carbocycles. The zero-order valence-electron chi connectivity index (χ0n) is 15.5. The van der Waals surface area contributed by atoms with E-state index >= 15 is 0 Å². The van der Waals surface area contributed by atoms with Gasteiger partial charge in [0.25, 0.3) is 5.91 Å². The molecule has 2 aromatic heterocycles. The smallest absolute Gasteiger partial charge is 0.259 e. The number of ether oxygens (including phenoxy) is 3. The monoisotopic (exact) mass is 381 g/mol. The summed E-state index contributed by atoms with van der Waals surface area (Å²) in [5, 5.41) is 15.2. The number of fused-ring (bicyclic) bond motifs is 1. The van der Waals surface area contributed by atoms with E-state index in [2.05, 4.69) is 20.6 Å². The number of hydrogen-bond donors (Lipinski definition) is 1. The van der Waals surface area contributed by atoms with Gasteiger partial charge in [0.2, 0.25) is 5.88 Å². The van der Waals surface area contributed by atoms with Crippen molar-refractivity contribution in [1.82, 2.24) is 20.0 Å². The minimum Gasteiger partial charge on any atom is -0.486 e. The second kappa shape index (κ2) is 7.55. The van der Waals surface area contributed by atoms with E-state index in [1.807, 2.05) is 6.92 Å². The molecular weight excluding hydrogens is 362 g/mol. The predicted octanol–water partition coefficient (Wildman–Crippen LogP) is 2.39. The van der Waals surface area contributed by atoms with E-state index in [4.69, 9.17) is 14.2 Å². The molecular formula is C19H19N5O4. The summed E-state index contributed by atoms with van der Waals surface area (Å²) in [6, 6.07) is 8.73. The fourth-order valence-electron chi connectivity index (χ4n) is 2.83. The van der Waals surface area contributed by atoms with Crippen LogP contribution in [-0.2, 0) is 0 Å². The third-order valence-corrected chi connectivity index (χ3v) is 4.19. The first-order valence-corrected chi connectivity index (χ1v) is 8.88. The van der Waals surface area contributed by atoms with Gasteiger partial charge in [0, 0.05) is 17.8 Å². The molecule has 1 amide bonds. The molecule has 9 nitrogen and oxygen atoms in total. The second-order valence-corrected chi connectivity index (χ2v) is 6.03. The van der Waals surface area contributed by atoms with Crippen LogP contribution in [0.5, 0.6) is 17.4 Å². The minimum atomic E-state index is -0.278. The van der Waals surface area contributed by atoms with Gasteiger partial charge in [-0.15, -0.1) is 10.2 Å². The molecule has 0 radical (unpaired) electrons. The number of nitrogens with zero attached hydrogens (tertiary/aromatic N) is 4. The summed E-state index contributed by atoms with van der Waals surface area (Å²) in [5.41, 5.74) is 1.70. The fourth-order valence-corrected chi connectivity index (χ4v) is 2.83. The van der Waals surface area contributed by atoms with Gasteiger partial charge in [-0.05, 0) is 32.0 Å². The number of hydrogen-bond acceptors (Lipinski definition) is 7. The molecule has 3 heterocycles. The van der Waals surface area contributed by atoms with Gasteiger partial charge < -0.3 is 19.5 Å². The third-order valence-electron chi connectivity index (χ3n) is 4.19. The van der Waals surface area contributed by atoms with Crippen molar-refractivity contribution < 1.29 is 19.0 Å². The van der Waals surface area contributed by atoms with Gasteiger partial charge in [-0.3, -0.25) is 4.79 Å². The highest BCUT2D eigenvalue weighted by molar-refractivity contribution is 6.05. The Morgan fingerprint density at radius 1 is 1.18 bits per heavy atom. The van der Waals surface area contributed by atoms with Crippen molar-refractivity contribution in [3.8, 4) is 23.2 Å². The van der Waals surface area contributed by atoms with Crippen LogP contribution in [0.1, 0.15) is 23.0 Å². The number of carbonyl (C=O) groups excluding carboxylic acids is 1. The number of rotatable bonds is 5. The summed E-state index contributed by atoms with van der Waals surface area (Å²) in [7, 11) is 0. The molecule has 28 heavy (non-hydrogen) atoms. The molecule has 0 atom stereocenters. The average molecular weight is 381 g/mol. The molecule has 0 spiro atoms. The number of carbonyl (C=O) groups is 1. The van der Waals surface area contributed by atoms with Crippen LogP contribution in [-0.4, -0.2) is 45.7 Å². The van der Waals surface area contributed by atoms with Gasteiger partial charge in [-0.25, -0.2) is 4.68 Å². The summed E-state index contributed by atoms with van der Waals surface area (Å²) >= 11 is 0. The zero-order valence-corrected chi connectivity index (χ0v) is 15.5. The van der Waals surface area contributed by atoms with Crippen molar-refractivity contribution in [3.63, 3.8) is 0 Å². The van der Waals surface area contributed by atoms with Crippen molar-refractivity contribution in [2.24, 2.45) is 0 Å². The van der Waals surface area contributed by atoms with Crippen LogP contribution in [0.15, 0.2) is 36.5 Å². The molecule has 3 aromatic rings. The molecule has 9 heteroatoms. The van der Waals surface area contributed by atoms with E-state index in [1.165, 1.54) is 6.20 Å². The van der Waals surface area contributed by atoms with Crippen LogP contribution < -0.4 is 19.5 Å². The van der Waals surface area contributed by atoms with Crippen molar-refractivity contribution in [2.45, 2.75) is 13.8 Å². The van der Waals surface area contributed by atoms with Crippen LogP contribution in [0.4, 0.5) is 5.69 Å². The van der Waals surface area contributed by atoms with E-state index < -0.39 is 0 Å². The Balaban J connectivity index is 1.52. The second-order valence-electron chi connectivity index (χ2n) is 6.03. The molecule has 1 aromatic carbocycles. The Morgan fingerprint density at radius 3 is 2.75 bits per heavy atom. The summed E-state index contributed by atoms with van der Waals surface area (Å²) in [6.07, 6.45) is 1.50. The van der Waals surface area contributed by atoms with Crippen LogP contribution in [0.3, 0.4) is 0 Å². The molecule has 0 unspecified atom stereocenters. The first-order valence-electron chi connectivity index (χ1n) is 8.88. The molecule has 4 rings (SSSR count). The predicted molar refractivity (Wildman–Crippen MR) is 100 cm³/mol. The minimum absolute atomic E-state index is 0.278. The quantitative estimate of drug-likeness (QED) is 0.724. The SMILES string of the molecule is CCOc1ccc(-n2ncc(C(=O)Nc3ccc4c(c3)OCCO4)c2C)nn1. The van der Waals surface area contributed by atoms with Crippen molar-refractivity contribution >= 4 is 11.6 Å². The summed E-state index contributed by atoms with van der Waals surface area (Å²) in [4.78, 5) is 12.7. The highest BCUT2D eigenvalue weighted by Crippen LogP contribution is 2.32. The van der Waals surface area contributed by atoms with E-state index in [-0.39, 0.29) is 5.91 Å². The van der Waals surface area contributed by atoms with Gasteiger partial charge in [0.1, 0.15) is 13.2 Å². The Labute approximate surface area is 161 Å². The molecule has 0 saturated heterocycles. The molecule has 1 N–H and O–H groups in total. The lowest BCUT2D eigenvalue weighted by molar-refractivity contribution is 0.102. The first-order chi connectivity index (χ1) is 13.7. The van der Waals surface area contributed by atoms with E-state index in [9.17, 15) is 4.79 Å². The zero-order chi connectivity index (χ0) is 19.5. The largest absolute Gasteiger partial charge is 0.486 e. The lowest BCUT2D eigenvalue weighted by Crippen LogP contribution is -2.16. The Bertz CT molecular complexity index is 1000. The molecule has 0 fully saturated rings. The van der Waals surface area contributed by atoms with Crippen LogP contribution >= 0.6 is 0 Å². The fraction of sp³-hybridized carbons (Fsp3) is 0.263. The summed E-state index contributed by atoms with van der Waals surface area (Å²) in [6.45, 7) is 5.19. The third kappa shape index (κ3) is 3.46. The maximum absolute atomic E-state index is 12.7. The van der Waals surface area contributed by atoms with Crippen molar-refractivity contribution in [1.29, 1.82) is 0 Å². The van der Waals surface area contributed by atoms with Crippen LogP contribution in [0.25, 0.3) is 5.82 Å². The Morgan fingerprint density at radius 2 is 2.00 bits per heavy atom. The van der Waals surface area contributed by atoms with Gasteiger partial charge >= 0.3 is 0 Å². The van der Waals surface area contributed by atoms with Gasteiger partial charge in [-0.2, -0.15) is 5.10 Å². The average Bonchev–Trinajstić information content (AvgIpc) is 3.10. The Hall–Kier alpha value is -3.62. The van der Waals surface area contributed by atoms with Gasteiger partial charge in [0.05, 0.1) is 24.1 Å². The highest BCUT2D eigenvalue weighted by atomic mass is 16.6. The van der Waals surface area contributed by atoms with Crippen LogP contribution in [0, 0.1) is 6.92 Å². The lowest BCUT2D eigenvalue weighted by atomic mass is 10.2. The number of benzene rings is 1. The molecule has 1 aliphatic heterocycles. The molecule has 0 saturated carbocycles. The van der Waals surface area contributed by atoms with Crippen molar-refractivity contribution in [3.05, 3.63) is 47.8 Å². The maximum atomic E-state index is 12.7. The first kappa shape index (κ1) is 17.8. The summed E-state index contributed by atoms with van der Waals surface area (Å²) < 4.78 is 17.9. The Kier molecular flexibility index (Phi) is 4.79. The number of nitrogens with one attached hydrogen (secondary N) is 1. The van der Waals surface area contributed by atoms with Crippen LogP contribution in [0.2, 0.25) is 0 Å². The highest BCUT2D eigenvalue weighted by Gasteiger charge is 2.18. The maximum Gasteiger partial charge on any atom is 0.259 e. The summed E-state index contributed by atoms with van der Waals surface area (Å²) in [5.74, 6) is 1.94. The standard InChI is InChI=1S/C19H19N5O4/c1-3-26-18-7-6-17(22-23-18)24-12(2)14(11-20-24)19(25)21-13-4-5-15-16(10-13)28-9-8-27-15/h4-7,10-11H,3,8-9H2,1-2H3,(H,21,25). The normalized spacial score (nSPS) is 12.5. The van der Waals surface area contributed by atoms with Crippen molar-refractivity contribution in [2.75, 3.05) is 25.1 Å². The van der Waals surface area contributed by atoms with Gasteiger partial charge in [-0.1, -0.05) is 0 Å². The lowest BCUT2D eigenvalue weighted by Gasteiger charge is -2.19. The van der Waals surface area contributed by atoms with E-state index in [1.54, 1.807) is 41.9 Å². The number of amides is 1. The molecule has 0 bridgehead atoms. The number of anilines is 1. The van der Waals surface area contributed by atoms with E-state index in [0.29, 0.717) is 60.0 Å². The number of aromatic nitrogens is 4.